The van der Waals surface area contributed by atoms with E-state index in [9.17, 15) is 9.59 Å². The van der Waals surface area contributed by atoms with Crippen LogP contribution in [0.3, 0.4) is 0 Å². The van der Waals surface area contributed by atoms with E-state index in [1.54, 1.807) is 0 Å². The summed E-state index contributed by atoms with van der Waals surface area (Å²) in [4.78, 5) is 32.3. The Hall–Kier alpha value is -2.89. The summed E-state index contributed by atoms with van der Waals surface area (Å²) >= 11 is 0. The highest BCUT2D eigenvalue weighted by molar-refractivity contribution is 5.78. The van der Waals surface area contributed by atoms with Crippen LogP contribution in [0.5, 0.6) is 0 Å². The Morgan fingerprint density at radius 1 is 1.13 bits per heavy atom. The van der Waals surface area contributed by atoms with Gasteiger partial charge in [0.2, 0.25) is 5.91 Å². The van der Waals surface area contributed by atoms with Crippen LogP contribution in [0, 0.1) is 6.92 Å². The third kappa shape index (κ3) is 5.06. The molecule has 31 heavy (non-hydrogen) atoms. The van der Waals surface area contributed by atoms with Crippen molar-refractivity contribution in [1.82, 2.24) is 14.8 Å². The summed E-state index contributed by atoms with van der Waals surface area (Å²) in [6.45, 7) is 6.37. The number of aromatic nitrogens is 1. The van der Waals surface area contributed by atoms with Gasteiger partial charge in [0.05, 0.1) is 6.04 Å². The van der Waals surface area contributed by atoms with Crippen LogP contribution < -0.4 is 0 Å². The molecular weight excluding hydrogens is 390 g/mol. The minimum Gasteiger partial charge on any atom is -0.446 e. The van der Waals surface area contributed by atoms with Crippen LogP contribution >= 0.6 is 0 Å². The largest absolute Gasteiger partial charge is 0.446 e. The summed E-state index contributed by atoms with van der Waals surface area (Å²) in [6, 6.07) is 12.4. The molecule has 4 rings (SSSR count). The Balaban J connectivity index is 1.30. The molecule has 2 amide bonds. The molecule has 2 fully saturated rings. The van der Waals surface area contributed by atoms with E-state index in [2.05, 4.69) is 35.3 Å². The van der Waals surface area contributed by atoms with E-state index in [4.69, 9.17) is 4.74 Å². The first-order chi connectivity index (χ1) is 15.0. The first-order valence-electron chi connectivity index (χ1n) is 11.3. The van der Waals surface area contributed by atoms with Gasteiger partial charge in [-0.3, -0.25) is 9.78 Å². The maximum absolute atomic E-state index is 12.6. The van der Waals surface area contributed by atoms with E-state index in [1.165, 1.54) is 0 Å². The van der Waals surface area contributed by atoms with Crippen molar-refractivity contribution in [1.29, 1.82) is 0 Å². The number of ether oxygens (including phenoxy) is 1. The number of amides is 2. The zero-order valence-corrected chi connectivity index (χ0v) is 18.4. The number of hydrogen-bond acceptors (Lipinski definition) is 4. The molecule has 1 aromatic carbocycles. The zero-order valence-electron chi connectivity index (χ0n) is 18.4. The summed E-state index contributed by atoms with van der Waals surface area (Å²) in [5, 5.41) is 0. The average molecular weight is 422 g/mol. The van der Waals surface area contributed by atoms with Crippen LogP contribution in [0.1, 0.15) is 56.3 Å². The van der Waals surface area contributed by atoms with Crippen LogP contribution in [0.15, 0.2) is 42.6 Å². The van der Waals surface area contributed by atoms with Crippen molar-refractivity contribution in [3.8, 4) is 11.1 Å². The summed E-state index contributed by atoms with van der Waals surface area (Å²) in [6.07, 6.45) is 5.71. The van der Waals surface area contributed by atoms with Gasteiger partial charge < -0.3 is 14.5 Å². The smallest absolute Gasteiger partial charge is 0.410 e. The van der Waals surface area contributed by atoms with E-state index >= 15 is 0 Å². The second-order valence-electron chi connectivity index (χ2n) is 8.60. The van der Waals surface area contributed by atoms with Gasteiger partial charge in [0, 0.05) is 44.4 Å². The molecule has 0 bridgehead atoms. The fraction of sp³-hybridized carbons (Fsp3) is 0.480. The van der Waals surface area contributed by atoms with Crippen molar-refractivity contribution < 1.29 is 14.3 Å². The van der Waals surface area contributed by atoms with Crippen LogP contribution in [0.2, 0.25) is 0 Å². The Kier molecular flexibility index (Phi) is 6.54. The highest BCUT2D eigenvalue weighted by Gasteiger charge is 2.31. The van der Waals surface area contributed by atoms with Gasteiger partial charge in [0.15, 0.2) is 0 Å². The van der Waals surface area contributed by atoms with Crippen LogP contribution in [0.25, 0.3) is 11.1 Å². The van der Waals surface area contributed by atoms with Crippen LogP contribution in [0.4, 0.5) is 4.79 Å². The summed E-state index contributed by atoms with van der Waals surface area (Å²) < 4.78 is 5.72. The van der Waals surface area contributed by atoms with Crippen molar-refractivity contribution in [2.45, 2.75) is 58.1 Å². The number of nitrogens with zero attached hydrogens (tertiary/aromatic N) is 3. The average Bonchev–Trinajstić information content (AvgIpc) is 3.18. The molecular formula is C25H31N3O3. The summed E-state index contributed by atoms with van der Waals surface area (Å²) in [5.74, 6) is 0.255. The quantitative estimate of drug-likeness (QED) is 0.648. The van der Waals surface area contributed by atoms with Crippen molar-refractivity contribution in [3.05, 3.63) is 53.9 Å². The van der Waals surface area contributed by atoms with E-state index in [-0.39, 0.29) is 24.1 Å². The van der Waals surface area contributed by atoms with Gasteiger partial charge in [-0.05, 0) is 61.9 Å². The molecule has 2 unspecified atom stereocenters. The molecule has 2 aliphatic heterocycles. The van der Waals surface area contributed by atoms with E-state index in [0.717, 1.165) is 61.2 Å². The summed E-state index contributed by atoms with van der Waals surface area (Å²) in [7, 11) is 0. The lowest BCUT2D eigenvalue weighted by Gasteiger charge is -2.36. The number of hydrogen-bond donors (Lipinski definition) is 0. The van der Waals surface area contributed by atoms with Crippen molar-refractivity contribution >= 4 is 12.0 Å². The number of rotatable bonds is 7. The predicted octanol–water partition coefficient (Wildman–Crippen LogP) is 4.73. The molecule has 2 aliphatic rings. The lowest BCUT2D eigenvalue weighted by Crippen LogP contribution is -2.43. The maximum atomic E-state index is 12.6. The van der Waals surface area contributed by atoms with Crippen LogP contribution in [-0.4, -0.2) is 52.5 Å². The number of carbonyl (C=O) groups is 2. The fourth-order valence-electron chi connectivity index (χ4n) is 4.51. The zero-order chi connectivity index (χ0) is 21.8. The lowest BCUT2D eigenvalue weighted by molar-refractivity contribution is -0.127. The van der Waals surface area contributed by atoms with Gasteiger partial charge in [-0.25, -0.2) is 4.79 Å². The predicted molar refractivity (Wildman–Crippen MR) is 119 cm³/mol. The first kappa shape index (κ1) is 21.3. The van der Waals surface area contributed by atoms with Gasteiger partial charge >= 0.3 is 6.09 Å². The molecule has 2 aromatic rings. The van der Waals surface area contributed by atoms with Gasteiger partial charge in [0.25, 0.3) is 0 Å². The lowest BCUT2D eigenvalue weighted by atomic mass is 10.00. The molecule has 0 saturated carbocycles. The first-order valence-corrected chi connectivity index (χ1v) is 11.3. The van der Waals surface area contributed by atoms with E-state index in [0.29, 0.717) is 13.0 Å². The van der Waals surface area contributed by atoms with Crippen LogP contribution in [-0.2, 0) is 9.53 Å². The Morgan fingerprint density at radius 3 is 2.61 bits per heavy atom. The van der Waals surface area contributed by atoms with Crippen molar-refractivity contribution in [3.63, 3.8) is 0 Å². The number of aryl methyl sites for hydroxylation is 1. The van der Waals surface area contributed by atoms with Gasteiger partial charge in [-0.2, -0.15) is 0 Å². The maximum Gasteiger partial charge on any atom is 0.410 e. The number of likely N-dealkylation sites (tertiary alicyclic amines) is 1. The molecule has 0 N–H and O–H groups in total. The molecule has 1 aromatic heterocycles. The second-order valence-corrected chi connectivity index (χ2v) is 8.60. The molecule has 2 saturated heterocycles. The SMILES string of the molecule is Cc1cc(-c2ccc(C(C)N3CCC(CCCN4CCCC4=O)OC3=O)cc2)ccn1. The molecule has 0 radical (unpaired) electrons. The number of benzene rings is 1. The fourth-order valence-corrected chi connectivity index (χ4v) is 4.51. The third-order valence-corrected chi connectivity index (χ3v) is 6.41. The van der Waals surface area contributed by atoms with Gasteiger partial charge in [0.1, 0.15) is 6.10 Å². The van der Waals surface area contributed by atoms with Crippen molar-refractivity contribution in [2.75, 3.05) is 19.6 Å². The highest BCUT2D eigenvalue weighted by Crippen LogP contribution is 2.28. The second kappa shape index (κ2) is 9.50. The van der Waals surface area contributed by atoms with Gasteiger partial charge in [-0.15, -0.1) is 0 Å². The third-order valence-electron chi connectivity index (χ3n) is 6.41. The number of pyridine rings is 1. The minimum absolute atomic E-state index is 0.0381. The Bertz CT molecular complexity index is 928. The van der Waals surface area contributed by atoms with Crippen molar-refractivity contribution in [2.24, 2.45) is 0 Å². The molecule has 6 nitrogen and oxygen atoms in total. The van der Waals surface area contributed by atoms with Gasteiger partial charge in [-0.1, -0.05) is 24.3 Å². The number of carbonyl (C=O) groups excluding carboxylic acids is 2. The number of cyclic esters (lactones) is 1. The Labute approximate surface area is 184 Å². The standard InChI is InChI=1S/C25H31N3O3/c1-18-17-22(11-13-26-18)21-9-7-20(8-10-21)19(2)28-16-12-23(31-25(28)30)5-3-14-27-15-4-6-24(27)29/h7-11,13,17,19,23H,3-6,12,14-16H2,1-2H3. The topological polar surface area (TPSA) is 62.7 Å². The van der Waals surface area contributed by atoms with E-state index in [1.807, 2.05) is 35.9 Å². The van der Waals surface area contributed by atoms with E-state index < -0.39 is 0 Å². The molecule has 164 valence electrons. The normalized spacial score (nSPS) is 20.1. The monoisotopic (exact) mass is 421 g/mol. The molecule has 0 aliphatic carbocycles. The molecule has 6 heteroatoms. The minimum atomic E-state index is -0.241. The molecule has 3 heterocycles. The highest BCUT2D eigenvalue weighted by atomic mass is 16.6. The Morgan fingerprint density at radius 2 is 1.94 bits per heavy atom. The molecule has 2 atom stereocenters. The molecule has 0 spiro atoms. The summed E-state index contributed by atoms with van der Waals surface area (Å²) in [5.41, 5.74) is 4.37.